The van der Waals surface area contributed by atoms with E-state index in [0.717, 1.165) is 11.1 Å². The number of hydrogen-bond donors (Lipinski definition) is 4. The molecule has 0 aliphatic rings. The van der Waals surface area contributed by atoms with Crippen LogP contribution in [0.4, 0.5) is 11.4 Å². The minimum atomic E-state index is -0.488. The quantitative estimate of drug-likeness (QED) is 0.391. The molecular weight excluding hydrogens is 452 g/mol. The molecule has 0 aromatic heterocycles. The average molecular weight is 477 g/mol. The number of hydrogen-bond acceptors (Lipinski definition) is 4. The summed E-state index contributed by atoms with van der Waals surface area (Å²) in [6.07, 6.45) is 0.350. The molecule has 0 fully saturated rings. The summed E-state index contributed by atoms with van der Waals surface area (Å²) in [4.78, 5) is 24.5. The molecule has 0 aliphatic carbocycles. The summed E-state index contributed by atoms with van der Waals surface area (Å²) >= 11 is 10.5. The maximum atomic E-state index is 13.1. The van der Waals surface area contributed by atoms with Gasteiger partial charge in [-0.1, -0.05) is 67.6 Å². The zero-order valence-electron chi connectivity index (χ0n) is 18.0. The third-order valence-corrected chi connectivity index (χ3v) is 5.15. The van der Waals surface area contributed by atoms with Crippen LogP contribution in [0, 0.1) is 0 Å². The van der Waals surface area contributed by atoms with Crippen LogP contribution in [0.15, 0.2) is 84.9 Å². The van der Waals surface area contributed by atoms with Gasteiger partial charge in [-0.25, -0.2) is 0 Å². The third-order valence-electron chi connectivity index (χ3n) is 4.74. The van der Waals surface area contributed by atoms with Crippen molar-refractivity contribution in [3.63, 3.8) is 0 Å². The molecule has 3 rings (SSSR count). The van der Waals surface area contributed by atoms with Gasteiger partial charge in [-0.05, 0) is 59.8 Å². The van der Waals surface area contributed by atoms with Gasteiger partial charge in [0, 0.05) is 17.8 Å². The fraction of sp³-hybridized carbons (Fsp3) is 0.120. The number of nitrogens with one attached hydrogen (secondary N) is 4. The van der Waals surface area contributed by atoms with Crippen molar-refractivity contribution in [2.24, 2.45) is 0 Å². The van der Waals surface area contributed by atoms with Crippen molar-refractivity contribution in [3.05, 3.63) is 96.1 Å². The van der Waals surface area contributed by atoms with Crippen LogP contribution in [-0.2, 0) is 9.59 Å². The Bertz CT molecular complexity index is 1080. The number of amides is 2. The summed E-state index contributed by atoms with van der Waals surface area (Å²) in [7, 11) is 0. The predicted octanol–water partition coefficient (Wildman–Crippen LogP) is 4.55. The van der Waals surface area contributed by atoms with Crippen LogP contribution in [0.25, 0.3) is 0 Å². The van der Waals surface area contributed by atoms with E-state index in [1.165, 1.54) is 0 Å². The lowest BCUT2D eigenvalue weighted by atomic mass is 9.90. The number of carbonyl (C=O) groups excluding carboxylic acids is 2. The van der Waals surface area contributed by atoms with E-state index >= 15 is 0 Å². The van der Waals surface area contributed by atoms with E-state index in [1.54, 1.807) is 31.2 Å². The minimum Gasteiger partial charge on any atom is -0.332 e. The van der Waals surface area contributed by atoms with Gasteiger partial charge in [-0.15, -0.1) is 0 Å². The molecule has 0 atom stereocenters. The molecule has 0 radical (unpaired) electrons. The zero-order chi connectivity index (χ0) is 23.6. The lowest BCUT2D eigenvalue weighted by Crippen LogP contribution is -2.37. The third kappa shape index (κ3) is 7.20. The summed E-state index contributed by atoms with van der Waals surface area (Å²) in [5.74, 6) is -0.866. The fourth-order valence-corrected chi connectivity index (χ4v) is 3.60. The topological polar surface area (TPSA) is 82.3 Å². The van der Waals surface area contributed by atoms with Crippen LogP contribution in [0.2, 0.25) is 0 Å². The second-order valence-electron chi connectivity index (χ2n) is 7.13. The van der Waals surface area contributed by atoms with Crippen molar-refractivity contribution in [2.45, 2.75) is 19.3 Å². The zero-order valence-corrected chi connectivity index (χ0v) is 19.6. The molecule has 0 heterocycles. The molecule has 3 aromatic rings. The Hall–Kier alpha value is -3.62. The summed E-state index contributed by atoms with van der Waals surface area (Å²) in [6.45, 7) is 1.75. The van der Waals surface area contributed by atoms with Crippen molar-refractivity contribution in [3.8, 4) is 0 Å². The highest BCUT2D eigenvalue weighted by atomic mass is 32.1. The van der Waals surface area contributed by atoms with Crippen LogP contribution in [0.1, 0.15) is 30.4 Å². The molecular formula is C25H24N4O2S2. The normalized spacial score (nSPS) is 10.2. The van der Waals surface area contributed by atoms with Gasteiger partial charge in [0.2, 0.25) is 11.8 Å². The first-order chi connectivity index (χ1) is 16.0. The molecule has 0 unspecified atom stereocenters. The molecule has 33 heavy (non-hydrogen) atoms. The highest BCUT2D eigenvalue weighted by molar-refractivity contribution is 7.80. The Morgan fingerprint density at radius 3 is 1.55 bits per heavy atom. The molecule has 2 amide bonds. The number of carbonyl (C=O) groups is 2. The maximum Gasteiger partial charge on any atom is 0.238 e. The van der Waals surface area contributed by atoms with Crippen molar-refractivity contribution in [2.75, 3.05) is 10.6 Å². The largest absolute Gasteiger partial charge is 0.332 e. The lowest BCUT2D eigenvalue weighted by molar-refractivity contribution is -0.120. The molecule has 0 spiro atoms. The van der Waals surface area contributed by atoms with Crippen molar-refractivity contribution >= 4 is 57.8 Å². The molecule has 0 bridgehead atoms. The molecule has 0 saturated heterocycles. The smallest absolute Gasteiger partial charge is 0.238 e. The molecule has 8 heteroatoms. The van der Waals surface area contributed by atoms with Crippen LogP contribution in [0.5, 0.6) is 0 Å². The van der Waals surface area contributed by atoms with Crippen LogP contribution < -0.4 is 21.3 Å². The van der Waals surface area contributed by atoms with Gasteiger partial charge in [0.1, 0.15) is 0 Å². The Labute approximate surface area is 203 Å². The molecule has 168 valence electrons. The summed E-state index contributed by atoms with van der Waals surface area (Å²) in [6, 6.07) is 26.3. The molecule has 0 aliphatic heterocycles. The Kier molecular flexibility index (Phi) is 8.63. The average Bonchev–Trinajstić information content (AvgIpc) is 2.81. The van der Waals surface area contributed by atoms with Crippen molar-refractivity contribution in [1.82, 2.24) is 10.6 Å². The molecule has 3 aromatic carbocycles. The number of thiocarbonyl (C=S) groups is 2. The van der Waals surface area contributed by atoms with Crippen LogP contribution in [-0.4, -0.2) is 22.0 Å². The monoisotopic (exact) mass is 476 g/mol. The van der Waals surface area contributed by atoms with E-state index in [0.29, 0.717) is 17.8 Å². The lowest BCUT2D eigenvalue weighted by Gasteiger charge is -2.19. The highest BCUT2D eigenvalue weighted by Crippen LogP contribution is 2.24. The van der Waals surface area contributed by atoms with E-state index in [-0.39, 0.29) is 22.0 Å². The number of rotatable bonds is 6. The van der Waals surface area contributed by atoms with Gasteiger partial charge >= 0.3 is 0 Å². The second kappa shape index (κ2) is 11.8. The fourth-order valence-electron chi connectivity index (χ4n) is 3.15. The maximum absolute atomic E-state index is 13.1. The van der Waals surface area contributed by atoms with Gasteiger partial charge < -0.3 is 21.3 Å². The standard InChI is InChI=1S/C25H24N4O2S2/c1-2-21(30)28-24(32)26-19-13-15-20(16-14-19)27-25(33)29-23(31)22(17-9-5-3-6-10-17)18-11-7-4-8-12-18/h3-16,22H,2H2,1H3,(H2,26,28,30,32)(H2,27,29,31,33). The highest BCUT2D eigenvalue weighted by Gasteiger charge is 2.23. The van der Waals surface area contributed by atoms with Gasteiger partial charge in [-0.2, -0.15) is 0 Å². The summed E-state index contributed by atoms with van der Waals surface area (Å²) in [5, 5.41) is 11.8. The van der Waals surface area contributed by atoms with E-state index in [9.17, 15) is 9.59 Å². The predicted molar refractivity (Wildman–Crippen MR) is 140 cm³/mol. The SMILES string of the molecule is CCC(=O)NC(=S)Nc1ccc(NC(=S)NC(=O)C(c2ccccc2)c2ccccc2)cc1. The van der Waals surface area contributed by atoms with Crippen molar-refractivity contribution < 1.29 is 9.59 Å². The van der Waals surface area contributed by atoms with E-state index in [1.807, 2.05) is 60.7 Å². The first kappa shape index (κ1) is 24.0. The summed E-state index contributed by atoms with van der Waals surface area (Å²) < 4.78 is 0. The number of anilines is 2. The molecule has 0 saturated carbocycles. The van der Waals surface area contributed by atoms with Gasteiger partial charge in [-0.3, -0.25) is 9.59 Å². The number of benzene rings is 3. The Morgan fingerprint density at radius 1 is 0.697 bits per heavy atom. The van der Waals surface area contributed by atoms with Crippen LogP contribution >= 0.6 is 24.4 Å². The molecule has 6 nitrogen and oxygen atoms in total. The summed E-state index contributed by atoms with van der Waals surface area (Å²) in [5.41, 5.74) is 3.17. The van der Waals surface area contributed by atoms with Crippen LogP contribution in [0.3, 0.4) is 0 Å². The van der Waals surface area contributed by atoms with Gasteiger partial charge in [0.05, 0.1) is 5.92 Å². The molecule has 4 N–H and O–H groups in total. The Balaban J connectivity index is 1.62. The first-order valence-corrected chi connectivity index (χ1v) is 11.2. The van der Waals surface area contributed by atoms with E-state index in [4.69, 9.17) is 24.4 Å². The second-order valence-corrected chi connectivity index (χ2v) is 7.95. The Morgan fingerprint density at radius 2 is 1.12 bits per heavy atom. The van der Waals surface area contributed by atoms with Gasteiger partial charge in [0.15, 0.2) is 10.2 Å². The van der Waals surface area contributed by atoms with Gasteiger partial charge in [0.25, 0.3) is 0 Å². The first-order valence-electron chi connectivity index (χ1n) is 10.4. The van der Waals surface area contributed by atoms with Crippen molar-refractivity contribution in [1.29, 1.82) is 0 Å². The van der Waals surface area contributed by atoms with E-state index in [2.05, 4.69) is 21.3 Å². The van der Waals surface area contributed by atoms with E-state index < -0.39 is 5.92 Å². The minimum absolute atomic E-state index is 0.156.